The van der Waals surface area contributed by atoms with E-state index in [-0.39, 0.29) is 34.9 Å². The third kappa shape index (κ3) is 7.40. The van der Waals surface area contributed by atoms with Gasteiger partial charge in [-0.1, -0.05) is 26.0 Å². The first-order chi connectivity index (χ1) is 16.4. The number of hydrogen-bond donors (Lipinski definition) is 1. The molecule has 0 amide bonds. The van der Waals surface area contributed by atoms with Gasteiger partial charge in [-0.15, -0.1) is 0 Å². The van der Waals surface area contributed by atoms with Crippen LogP contribution in [0.2, 0.25) is 0 Å². The molecule has 188 valence electrons. The quantitative estimate of drug-likeness (QED) is 0.292. The van der Waals surface area contributed by atoms with Gasteiger partial charge in [0.25, 0.3) is 0 Å². The Morgan fingerprint density at radius 3 is 1.86 bits per heavy atom. The Bertz CT molecular complexity index is 1120. The Morgan fingerprint density at radius 2 is 1.40 bits per heavy atom. The van der Waals surface area contributed by atoms with Crippen LogP contribution in [0.3, 0.4) is 0 Å². The molecule has 2 aromatic rings. The molecule has 2 fully saturated rings. The van der Waals surface area contributed by atoms with Crippen molar-refractivity contribution in [2.24, 2.45) is 10.8 Å². The normalized spacial score (nSPS) is 16.3. The van der Waals surface area contributed by atoms with Crippen LogP contribution in [0.4, 0.5) is 11.4 Å². The van der Waals surface area contributed by atoms with Crippen LogP contribution in [0.25, 0.3) is 0 Å². The lowest BCUT2D eigenvalue weighted by Gasteiger charge is -2.10. The second kappa shape index (κ2) is 10.3. The molecular formula is C25H30N2O8. The summed E-state index contributed by atoms with van der Waals surface area (Å²) in [4.78, 5) is 31.6. The van der Waals surface area contributed by atoms with Gasteiger partial charge in [-0.2, -0.15) is 0 Å². The molecule has 2 aliphatic carbocycles. The highest BCUT2D eigenvalue weighted by molar-refractivity contribution is 5.71. The first kappa shape index (κ1) is 25.9. The van der Waals surface area contributed by atoms with Crippen LogP contribution in [0.1, 0.15) is 50.7 Å². The number of nitrogens with zero attached hydrogens (tertiary/aromatic N) is 2. The molecule has 0 atom stereocenters. The van der Waals surface area contributed by atoms with Gasteiger partial charge in [0.15, 0.2) is 18.1 Å². The van der Waals surface area contributed by atoms with Crippen LogP contribution in [-0.2, 0) is 22.4 Å². The molecule has 0 spiro atoms. The number of nitro groups is 2. The summed E-state index contributed by atoms with van der Waals surface area (Å²) in [5, 5.41) is 31.0. The van der Waals surface area contributed by atoms with Gasteiger partial charge < -0.3 is 14.6 Å². The van der Waals surface area contributed by atoms with Gasteiger partial charge in [-0.3, -0.25) is 20.2 Å². The number of methoxy groups -OCH3 is 1. The largest absolute Gasteiger partial charge is 0.502 e. The van der Waals surface area contributed by atoms with E-state index in [4.69, 9.17) is 4.74 Å². The maximum absolute atomic E-state index is 11.1. The molecule has 4 rings (SSSR count). The predicted octanol–water partition coefficient (Wildman–Crippen LogP) is 5.13. The summed E-state index contributed by atoms with van der Waals surface area (Å²) in [6, 6.07) is 9.51. The topological polar surface area (TPSA) is 142 Å². The number of ether oxygens (including phenoxy) is 2. The molecule has 0 unspecified atom stereocenters. The van der Waals surface area contributed by atoms with Crippen molar-refractivity contribution in [2.75, 3.05) is 13.7 Å². The summed E-state index contributed by atoms with van der Waals surface area (Å²) in [5.41, 5.74) is 2.14. The smallest absolute Gasteiger partial charge is 0.343 e. The van der Waals surface area contributed by atoms with E-state index in [0.29, 0.717) is 5.41 Å². The average Bonchev–Trinajstić information content (AvgIpc) is 3.72. The second-order valence-electron chi connectivity index (χ2n) is 9.98. The Balaban J connectivity index is 0.000000203. The van der Waals surface area contributed by atoms with Crippen LogP contribution in [0.15, 0.2) is 36.4 Å². The minimum Gasteiger partial charge on any atom is -0.502 e. The summed E-state index contributed by atoms with van der Waals surface area (Å²) in [7, 11) is 1.24. The zero-order chi connectivity index (χ0) is 25.8. The van der Waals surface area contributed by atoms with Gasteiger partial charge >= 0.3 is 17.3 Å². The molecular weight excluding hydrogens is 456 g/mol. The van der Waals surface area contributed by atoms with Gasteiger partial charge in [-0.05, 0) is 72.6 Å². The van der Waals surface area contributed by atoms with E-state index in [1.807, 2.05) is 6.07 Å². The SMILES string of the molecule is CC1(Cc2ccc(O)c([N+](=O)[O-])c2)CC1.COC(=O)COc1ccc(CC2(C)CC2)cc1[N+](=O)[O-]. The Kier molecular flexibility index (Phi) is 7.62. The van der Waals surface area contributed by atoms with Crippen molar-refractivity contribution in [3.05, 3.63) is 67.8 Å². The zero-order valence-corrected chi connectivity index (χ0v) is 20.1. The molecule has 10 nitrogen and oxygen atoms in total. The molecule has 10 heteroatoms. The van der Waals surface area contributed by atoms with Crippen molar-refractivity contribution in [3.8, 4) is 11.5 Å². The van der Waals surface area contributed by atoms with Crippen LogP contribution in [-0.4, -0.2) is 34.6 Å². The summed E-state index contributed by atoms with van der Waals surface area (Å²) >= 11 is 0. The molecule has 0 radical (unpaired) electrons. The molecule has 0 bridgehead atoms. The highest BCUT2D eigenvalue weighted by Crippen LogP contribution is 2.49. The highest BCUT2D eigenvalue weighted by atomic mass is 16.6. The standard InChI is InChI=1S/C14H17NO5.C11H13NO3/c1-14(5-6-14)8-10-3-4-12(11(7-10)15(17)18)20-9-13(16)19-2;1-11(4-5-11)7-8-2-3-10(13)9(6-8)12(14)15/h3-4,7H,5-6,8-9H2,1-2H3;2-3,6,13H,4-5,7H2,1H3. The van der Waals surface area contributed by atoms with Crippen LogP contribution in [0, 0.1) is 31.1 Å². The highest BCUT2D eigenvalue weighted by Gasteiger charge is 2.38. The van der Waals surface area contributed by atoms with Crippen molar-refractivity contribution >= 4 is 17.3 Å². The summed E-state index contributed by atoms with van der Waals surface area (Å²) in [5.74, 6) is -0.747. The Hall–Kier alpha value is -3.69. The van der Waals surface area contributed by atoms with Crippen molar-refractivity contribution in [3.63, 3.8) is 0 Å². The maximum Gasteiger partial charge on any atom is 0.343 e. The predicted molar refractivity (Wildman–Crippen MR) is 127 cm³/mol. The lowest BCUT2D eigenvalue weighted by molar-refractivity contribution is -0.386. The number of hydrogen-bond acceptors (Lipinski definition) is 8. The van der Waals surface area contributed by atoms with E-state index in [2.05, 4.69) is 18.6 Å². The van der Waals surface area contributed by atoms with E-state index in [1.165, 1.54) is 38.2 Å². The van der Waals surface area contributed by atoms with Crippen molar-refractivity contribution in [1.29, 1.82) is 0 Å². The van der Waals surface area contributed by atoms with Gasteiger partial charge in [0.05, 0.1) is 17.0 Å². The molecule has 0 aromatic heterocycles. The van der Waals surface area contributed by atoms with Gasteiger partial charge in [0.1, 0.15) is 0 Å². The summed E-state index contributed by atoms with van der Waals surface area (Å²) < 4.78 is 9.57. The Labute approximate surface area is 203 Å². The lowest BCUT2D eigenvalue weighted by Crippen LogP contribution is -2.13. The first-order valence-corrected chi connectivity index (χ1v) is 11.4. The number of carbonyl (C=O) groups is 1. The number of aromatic hydroxyl groups is 1. The monoisotopic (exact) mass is 486 g/mol. The number of phenolic OH excluding ortho intramolecular Hbond substituents is 1. The average molecular weight is 487 g/mol. The van der Waals surface area contributed by atoms with Crippen molar-refractivity contribution in [2.45, 2.75) is 52.4 Å². The number of esters is 1. The van der Waals surface area contributed by atoms with E-state index in [9.17, 15) is 30.1 Å². The fourth-order valence-corrected chi connectivity index (χ4v) is 3.72. The zero-order valence-electron chi connectivity index (χ0n) is 20.1. The molecule has 35 heavy (non-hydrogen) atoms. The van der Waals surface area contributed by atoms with Gasteiger partial charge in [0, 0.05) is 12.1 Å². The van der Waals surface area contributed by atoms with E-state index in [0.717, 1.165) is 36.8 Å². The minimum absolute atomic E-state index is 0.0881. The fraction of sp³-hybridized carbons (Fsp3) is 0.480. The fourth-order valence-electron chi connectivity index (χ4n) is 3.72. The summed E-state index contributed by atoms with van der Waals surface area (Å²) in [6.07, 6.45) is 6.35. The lowest BCUT2D eigenvalue weighted by atomic mass is 9.98. The van der Waals surface area contributed by atoms with Gasteiger partial charge in [-0.25, -0.2) is 4.79 Å². The molecule has 1 N–H and O–H groups in total. The third-order valence-electron chi connectivity index (χ3n) is 6.50. The van der Waals surface area contributed by atoms with Crippen LogP contribution < -0.4 is 4.74 Å². The molecule has 2 aromatic carbocycles. The molecule has 0 aliphatic heterocycles. The second-order valence-corrected chi connectivity index (χ2v) is 9.98. The Morgan fingerprint density at radius 1 is 0.914 bits per heavy atom. The van der Waals surface area contributed by atoms with E-state index in [1.54, 1.807) is 12.1 Å². The van der Waals surface area contributed by atoms with Crippen LogP contribution in [0.5, 0.6) is 11.5 Å². The number of nitro benzene ring substituents is 2. The number of carbonyl (C=O) groups excluding carboxylic acids is 1. The van der Waals surface area contributed by atoms with E-state index >= 15 is 0 Å². The van der Waals surface area contributed by atoms with Crippen molar-refractivity contribution < 1.29 is 29.2 Å². The molecule has 2 aliphatic rings. The maximum atomic E-state index is 11.1. The molecule has 2 saturated carbocycles. The third-order valence-corrected chi connectivity index (χ3v) is 6.50. The van der Waals surface area contributed by atoms with E-state index < -0.39 is 15.8 Å². The molecule has 0 heterocycles. The number of benzene rings is 2. The number of rotatable bonds is 9. The minimum atomic E-state index is -0.575. The first-order valence-electron chi connectivity index (χ1n) is 11.4. The van der Waals surface area contributed by atoms with Gasteiger partial charge in [0.2, 0.25) is 0 Å². The van der Waals surface area contributed by atoms with Crippen molar-refractivity contribution in [1.82, 2.24) is 0 Å². The summed E-state index contributed by atoms with van der Waals surface area (Å²) in [6.45, 7) is 4.00. The number of phenols is 1. The molecule has 0 saturated heterocycles. The van der Waals surface area contributed by atoms with Crippen LogP contribution >= 0.6 is 0 Å².